The topological polar surface area (TPSA) is 39.1 Å². The average Bonchev–Trinajstić information content (AvgIpc) is 2.83. The number of aromatic nitrogens is 2. The first-order valence-electron chi connectivity index (χ1n) is 5.87. The van der Waals surface area contributed by atoms with Crippen LogP contribution in [-0.4, -0.2) is 30.0 Å². The van der Waals surface area contributed by atoms with Gasteiger partial charge in [-0.3, -0.25) is 0 Å². The zero-order valence-electron chi connectivity index (χ0n) is 10.3. The van der Waals surface area contributed by atoms with E-state index in [0.717, 1.165) is 28.9 Å². The van der Waals surface area contributed by atoms with Crippen molar-refractivity contribution in [2.45, 2.75) is 6.42 Å². The van der Waals surface area contributed by atoms with Crippen LogP contribution in [0.4, 0.5) is 0 Å². The second kappa shape index (κ2) is 6.56. The Kier molecular flexibility index (Phi) is 4.78. The minimum atomic E-state index is 0.699. The van der Waals surface area contributed by atoms with Gasteiger partial charge in [0.05, 0.1) is 24.7 Å². The van der Waals surface area contributed by atoms with E-state index in [9.17, 15) is 0 Å². The molecule has 1 aromatic heterocycles. The van der Waals surface area contributed by atoms with Crippen molar-refractivity contribution in [3.63, 3.8) is 0 Å². The van der Waals surface area contributed by atoms with Crippen LogP contribution in [0.15, 0.2) is 41.1 Å². The highest BCUT2D eigenvalue weighted by atomic mass is 79.9. The molecule has 0 aliphatic heterocycles. The summed E-state index contributed by atoms with van der Waals surface area (Å²) in [5.41, 5.74) is 1.01. The smallest absolute Gasteiger partial charge is 0.157 e. The molecule has 0 spiro atoms. The van der Waals surface area contributed by atoms with Crippen molar-refractivity contribution in [2.75, 3.05) is 20.2 Å². The predicted octanol–water partition coefficient (Wildman–Crippen LogP) is 2.62. The molecule has 2 rings (SSSR count). The van der Waals surface area contributed by atoms with Gasteiger partial charge in [0.25, 0.3) is 0 Å². The molecule has 0 aliphatic carbocycles. The Morgan fingerprint density at radius 3 is 3.11 bits per heavy atom. The summed E-state index contributed by atoms with van der Waals surface area (Å²) >= 11 is 3.45. The molecule has 0 unspecified atom stereocenters. The number of nitrogens with zero attached hydrogens (tertiary/aromatic N) is 2. The van der Waals surface area contributed by atoms with Gasteiger partial charge in [0.2, 0.25) is 0 Å². The molecule has 1 heterocycles. The predicted molar refractivity (Wildman–Crippen MR) is 75.3 cm³/mol. The monoisotopic (exact) mass is 309 g/mol. The van der Waals surface area contributed by atoms with E-state index < -0.39 is 0 Å². The summed E-state index contributed by atoms with van der Waals surface area (Å²) in [5.74, 6) is 0.797. The van der Waals surface area contributed by atoms with Crippen molar-refractivity contribution in [3.05, 3.63) is 41.1 Å². The van der Waals surface area contributed by atoms with Gasteiger partial charge < -0.3 is 10.1 Å². The quantitative estimate of drug-likeness (QED) is 0.834. The molecule has 0 saturated heterocycles. The summed E-state index contributed by atoms with van der Waals surface area (Å²) in [5, 5.41) is 7.37. The fourth-order valence-electron chi connectivity index (χ4n) is 1.58. The molecule has 5 heteroatoms. The van der Waals surface area contributed by atoms with Gasteiger partial charge in [-0.05, 0) is 38.2 Å². The van der Waals surface area contributed by atoms with Crippen LogP contribution < -0.4 is 10.1 Å². The van der Waals surface area contributed by atoms with E-state index in [-0.39, 0.29) is 0 Å². The lowest BCUT2D eigenvalue weighted by Crippen LogP contribution is -2.11. The number of rotatable bonds is 6. The summed E-state index contributed by atoms with van der Waals surface area (Å²) in [4.78, 5) is 0. The molecule has 0 bridgehead atoms. The molecule has 18 heavy (non-hydrogen) atoms. The van der Waals surface area contributed by atoms with Crippen molar-refractivity contribution in [3.8, 4) is 11.4 Å². The molecule has 0 atom stereocenters. The fraction of sp³-hybridized carbons (Fsp3) is 0.308. The lowest BCUT2D eigenvalue weighted by molar-refractivity contribution is 0.309. The first-order chi connectivity index (χ1) is 8.79. The van der Waals surface area contributed by atoms with E-state index in [4.69, 9.17) is 4.74 Å². The normalized spacial score (nSPS) is 10.6. The third-order valence-corrected chi connectivity index (χ3v) is 2.96. The van der Waals surface area contributed by atoms with Crippen LogP contribution in [0.1, 0.15) is 6.42 Å². The molecule has 4 nitrogen and oxygen atoms in total. The van der Waals surface area contributed by atoms with Crippen molar-refractivity contribution >= 4 is 15.9 Å². The molecule has 0 amide bonds. The van der Waals surface area contributed by atoms with E-state index in [1.165, 1.54) is 0 Å². The summed E-state index contributed by atoms with van der Waals surface area (Å²) in [6, 6.07) is 7.98. The lowest BCUT2D eigenvalue weighted by atomic mass is 10.3. The van der Waals surface area contributed by atoms with Crippen molar-refractivity contribution in [1.29, 1.82) is 0 Å². The number of benzene rings is 1. The molecule has 2 aromatic rings. The van der Waals surface area contributed by atoms with E-state index in [0.29, 0.717) is 6.61 Å². The molecule has 1 N–H and O–H groups in total. The van der Waals surface area contributed by atoms with Crippen LogP contribution in [0.5, 0.6) is 5.75 Å². The molecule has 0 radical (unpaired) electrons. The molecular formula is C13H16BrN3O. The van der Waals surface area contributed by atoms with Crippen LogP contribution in [0.3, 0.4) is 0 Å². The van der Waals surface area contributed by atoms with Crippen LogP contribution in [-0.2, 0) is 0 Å². The van der Waals surface area contributed by atoms with Crippen molar-refractivity contribution in [1.82, 2.24) is 15.1 Å². The number of ether oxygens (including phenoxy) is 1. The Labute approximate surface area is 115 Å². The number of nitrogens with one attached hydrogen (secondary N) is 1. The summed E-state index contributed by atoms with van der Waals surface area (Å²) < 4.78 is 8.44. The highest BCUT2D eigenvalue weighted by Gasteiger charge is 2.02. The molecular weight excluding hydrogens is 294 g/mol. The van der Waals surface area contributed by atoms with Gasteiger partial charge in [-0.2, -0.15) is 5.10 Å². The Morgan fingerprint density at radius 1 is 1.44 bits per heavy atom. The van der Waals surface area contributed by atoms with Crippen LogP contribution in [0.25, 0.3) is 5.69 Å². The summed E-state index contributed by atoms with van der Waals surface area (Å²) in [6.07, 6.45) is 4.61. The average molecular weight is 310 g/mol. The first-order valence-corrected chi connectivity index (χ1v) is 6.67. The molecule has 96 valence electrons. The number of hydrogen-bond donors (Lipinski definition) is 1. The largest absolute Gasteiger partial charge is 0.490 e. The zero-order valence-corrected chi connectivity index (χ0v) is 11.9. The highest BCUT2D eigenvalue weighted by Crippen LogP contribution is 2.17. The lowest BCUT2D eigenvalue weighted by Gasteiger charge is -2.03. The van der Waals surface area contributed by atoms with E-state index >= 15 is 0 Å². The third-order valence-electron chi connectivity index (χ3n) is 2.47. The van der Waals surface area contributed by atoms with Gasteiger partial charge in [-0.25, -0.2) is 4.68 Å². The maximum absolute atomic E-state index is 5.61. The van der Waals surface area contributed by atoms with Gasteiger partial charge in [-0.15, -0.1) is 0 Å². The number of halogens is 1. The van der Waals surface area contributed by atoms with E-state index in [1.54, 1.807) is 10.9 Å². The second-order valence-electron chi connectivity index (χ2n) is 3.91. The van der Waals surface area contributed by atoms with Crippen molar-refractivity contribution in [2.24, 2.45) is 0 Å². The van der Waals surface area contributed by atoms with Gasteiger partial charge >= 0.3 is 0 Å². The molecule has 0 fully saturated rings. The fourth-order valence-corrected chi connectivity index (χ4v) is 1.97. The summed E-state index contributed by atoms with van der Waals surface area (Å²) in [6.45, 7) is 1.66. The van der Waals surface area contributed by atoms with Crippen LogP contribution in [0, 0.1) is 0 Å². The van der Waals surface area contributed by atoms with Gasteiger partial charge in [-0.1, -0.05) is 22.0 Å². The highest BCUT2D eigenvalue weighted by molar-refractivity contribution is 9.10. The maximum atomic E-state index is 5.61. The van der Waals surface area contributed by atoms with Crippen LogP contribution in [0.2, 0.25) is 0 Å². The minimum absolute atomic E-state index is 0.699. The number of hydrogen-bond acceptors (Lipinski definition) is 3. The zero-order chi connectivity index (χ0) is 12.8. The Morgan fingerprint density at radius 2 is 2.33 bits per heavy atom. The van der Waals surface area contributed by atoms with E-state index in [1.807, 2.05) is 37.5 Å². The summed E-state index contributed by atoms with van der Waals surface area (Å²) in [7, 11) is 1.94. The van der Waals surface area contributed by atoms with E-state index in [2.05, 4.69) is 26.3 Å². The van der Waals surface area contributed by atoms with Crippen LogP contribution >= 0.6 is 15.9 Å². The molecule has 0 saturated carbocycles. The Balaban J connectivity index is 1.97. The first kappa shape index (κ1) is 13.1. The minimum Gasteiger partial charge on any atom is -0.490 e. The Hall–Kier alpha value is -1.33. The maximum Gasteiger partial charge on any atom is 0.157 e. The van der Waals surface area contributed by atoms with Gasteiger partial charge in [0.15, 0.2) is 5.75 Å². The standard InChI is InChI=1S/C13H16BrN3O/c1-15-6-3-7-18-13-9-16-17(10-13)12-5-2-4-11(14)8-12/h2,4-5,8-10,15H,3,6-7H2,1H3. The van der Waals surface area contributed by atoms with Crippen molar-refractivity contribution < 1.29 is 4.74 Å². The Bertz CT molecular complexity index is 498. The molecule has 1 aromatic carbocycles. The third kappa shape index (κ3) is 3.58. The molecule has 0 aliphatic rings. The SMILES string of the molecule is CNCCCOc1cnn(-c2cccc(Br)c2)c1. The van der Waals surface area contributed by atoms with Gasteiger partial charge in [0.1, 0.15) is 0 Å². The van der Waals surface area contributed by atoms with Gasteiger partial charge in [0, 0.05) is 4.47 Å². The second-order valence-corrected chi connectivity index (χ2v) is 4.82.